The normalized spacial score (nSPS) is 14.4. The quantitative estimate of drug-likeness (QED) is 0.734. The van der Waals surface area contributed by atoms with E-state index in [0.717, 1.165) is 30.0 Å². The van der Waals surface area contributed by atoms with Crippen molar-refractivity contribution < 1.29 is 9.90 Å². The van der Waals surface area contributed by atoms with Crippen LogP contribution in [0.2, 0.25) is 0 Å². The molecule has 1 aromatic heterocycles. The largest absolute Gasteiger partial charge is 0.480 e. The lowest BCUT2D eigenvalue weighted by atomic mass is 9.99. The van der Waals surface area contributed by atoms with E-state index in [-0.39, 0.29) is 5.92 Å². The van der Waals surface area contributed by atoms with Gasteiger partial charge in [0.15, 0.2) is 0 Å². The molecule has 0 amide bonds. The third kappa shape index (κ3) is 5.59. The van der Waals surface area contributed by atoms with Gasteiger partial charge in [0.05, 0.1) is 10.7 Å². The van der Waals surface area contributed by atoms with Crippen molar-refractivity contribution in [3.63, 3.8) is 0 Å². The SMILES string of the molecule is CC[C@H](C)[C@H](NCc1csc(CCC(C)C)n1)C(=O)O. The second-order valence-electron chi connectivity index (χ2n) is 5.75. The molecule has 0 aliphatic rings. The lowest BCUT2D eigenvalue weighted by molar-refractivity contribution is -0.140. The lowest BCUT2D eigenvalue weighted by Gasteiger charge is -2.19. The zero-order valence-electron chi connectivity index (χ0n) is 12.8. The van der Waals surface area contributed by atoms with Crippen LogP contribution in [0.5, 0.6) is 0 Å². The number of carbonyl (C=O) groups is 1. The average molecular weight is 298 g/mol. The molecule has 0 saturated carbocycles. The number of nitrogens with zero attached hydrogens (tertiary/aromatic N) is 1. The highest BCUT2D eigenvalue weighted by molar-refractivity contribution is 7.09. The Morgan fingerprint density at radius 1 is 1.45 bits per heavy atom. The van der Waals surface area contributed by atoms with Crippen LogP contribution in [0, 0.1) is 11.8 Å². The predicted octanol–water partition coefficient (Wildman–Crippen LogP) is 3.32. The van der Waals surface area contributed by atoms with Crippen LogP contribution in [-0.2, 0) is 17.8 Å². The number of thiazole rings is 1. The second kappa shape index (κ2) is 8.37. The summed E-state index contributed by atoms with van der Waals surface area (Å²) in [5.41, 5.74) is 0.948. The Morgan fingerprint density at radius 2 is 2.15 bits per heavy atom. The molecular weight excluding hydrogens is 272 g/mol. The van der Waals surface area contributed by atoms with E-state index in [1.807, 2.05) is 19.2 Å². The number of hydrogen-bond donors (Lipinski definition) is 2. The van der Waals surface area contributed by atoms with Crippen LogP contribution in [0.15, 0.2) is 5.38 Å². The van der Waals surface area contributed by atoms with Crippen molar-refractivity contribution >= 4 is 17.3 Å². The molecule has 4 nitrogen and oxygen atoms in total. The standard InChI is InChI=1S/C15H26N2O2S/c1-5-11(4)14(15(18)19)16-8-12-9-20-13(17-12)7-6-10(2)3/h9-11,14,16H,5-8H2,1-4H3,(H,18,19)/t11-,14-/m0/s1. The molecule has 0 aliphatic carbocycles. The number of nitrogens with one attached hydrogen (secondary N) is 1. The first-order valence-corrected chi connectivity index (χ1v) is 8.21. The van der Waals surface area contributed by atoms with Crippen LogP contribution >= 0.6 is 11.3 Å². The first kappa shape index (κ1) is 17.1. The fourth-order valence-corrected chi connectivity index (χ4v) is 2.75. The third-order valence-corrected chi connectivity index (χ3v) is 4.47. The molecule has 1 rings (SSSR count). The summed E-state index contributed by atoms with van der Waals surface area (Å²) in [6, 6.07) is -0.499. The maximum Gasteiger partial charge on any atom is 0.320 e. The van der Waals surface area contributed by atoms with Crippen LogP contribution < -0.4 is 5.32 Å². The lowest BCUT2D eigenvalue weighted by Crippen LogP contribution is -2.41. The molecule has 0 unspecified atom stereocenters. The molecule has 5 heteroatoms. The van der Waals surface area contributed by atoms with Gasteiger partial charge in [-0.1, -0.05) is 34.1 Å². The molecule has 1 aromatic rings. The van der Waals surface area contributed by atoms with Crippen molar-refractivity contribution in [3.05, 3.63) is 16.1 Å². The minimum Gasteiger partial charge on any atom is -0.480 e. The summed E-state index contributed by atoms with van der Waals surface area (Å²) in [6.07, 6.45) is 3.00. The van der Waals surface area contributed by atoms with Crippen molar-refractivity contribution in [1.29, 1.82) is 0 Å². The van der Waals surface area contributed by atoms with Crippen LogP contribution in [0.4, 0.5) is 0 Å². The summed E-state index contributed by atoms with van der Waals surface area (Å²) in [5.74, 6) is 0.0171. The highest BCUT2D eigenvalue weighted by Crippen LogP contribution is 2.15. The molecule has 0 aromatic carbocycles. The molecule has 0 radical (unpaired) electrons. The highest BCUT2D eigenvalue weighted by atomic mass is 32.1. The van der Waals surface area contributed by atoms with Gasteiger partial charge in [0.2, 0.25) is 0 Å². The maximum absolute atomic E-state index is 11.2. The summed E-state index contributed by atoms with van der Waals surface area (Å²) in [7, 11) is 0. The predicted molar refractivity (Wildman–Crippen MR) is 83.0 cm³/mol. The minimum atomic E-state index is -0.783. The number of rotatable bonds is 9. The van der Waals surface area contributed by atoms with Crippen molar-refractivity contribution in [2.24, 2.45) is 11.8 Å². The second-order valence-corrected chi connectivity index (χ2v) is 6.69. The highest BCUT2D eigenvalue weighted by Gasteiger charge is 2.22. The molecule has 2 atom stereocenters. The Hall–Kier alpha value is -0.940. The van der Waals surface area contributed by atoms with Gasteiger partial charge in [0.1, 0.15) is 6.04 Å². The molecule has 0 spiro atoms. The van der Waals surface area contributed by atoms with Crippen molar-refractivity contribution in [1.82, 2.24) is 10.3 Å². The Morgan fingerprint density at radius 3 is 2.70 bits per heavy atom. The van der Waals surface area contributed by atoms with Gasteiger partial charge in [-0.2, -0.15) is 0 Å². The molecule has 0 aliphatic heterocycles. The Balaban J connectivity index is 2.50. The van der Waals surface area contributed by atoms with Crippen LogP contribution in [0.3, 0.4) is 0 Å². The molecule has 20 heavy (non-hydrogen) atoms. The number of aliphatic carboxylic acids is 1. The topological polar surface area (TPSA) is 62.2 Å². The van der Waals surface area contributed by atoms with Crippen molar-refractivity contribution in [2.75, 3.05) is 0 Å². The van der Waals surface area contributed by atoms with E-state index in [1.165, 1.54) is 0 Å². The smallest absolute Gasteiger partial charge is 0.320 e. The van der Waals surface area contributed by atoms with Gasteiger partial charge in [-0.25, -0.2) is 4.98 Å². The number of carboxylic acids is 1. The maximum atomic E-state index is 11.2. The Kier molecular flexibility index (Phi) is 7.16. The molecular formula is C15H26N2O2S. The van der Waals surface area contributed by atoms with E-state index >= 15 is 0 Å². The summed E-state index contributed by atoms with van der Waals surface area (Å²) in [4.78, 5) is 15.8. The molecule has 0 bridgehead atoms. The first-order chi connectivity index (χ1) is 9.43. The molecule has 114 valence electrons. The van der Waals surface area contributed by atoms with Crippen LogP contribution in [-0.4, -0.2) is 22.1 Å². The third-order valence-electron chi connectivity index (χ3n) is 3.52. The van der Waals surface area contributed by atoms with E-state index in [9.17, 15) is 9.90 Å². The molecule has 0 saturated heterocycles. The Labute approximate surface area is 125 Å². The number of aromatic nitrogens is 1. The summed E-state index contributed by atoms with van der Waals surface area (Å²) in [5, 5.41) is 15.5. The number of carboxylic acid groups (broad SMARTS) is 1. The van der Waals surface area contributed by atoms with E-state index in [4.69, 9.17) is 0 Å². The molecule has 0 fully saturated rings. The average Bonchev–Trinajstić information content (AvgIpc) is 2.83. The van der Waals surface area contributed by atoms with E-state index < -0.39 is 12.0 Å². The number of aryl methyl sites for hydroxylation is 1. The summed E-state index contributed by atoms with van der Waals surface area (Å²) in [6.45, 7) is 8.91. The fraction of sp³-hybridized carbons (Fsp3) is 0.733. The van der Waals surface area contributed by atoms with Gasteiger partial charge in [0, 0.05) is 11.9 Å². The Bertz CT molecular complexity index is 418. The van der Waals surface area contributed by atoms with Gasteiger partial charge in [-0.15, -0.1) is 11.3 Å². The van der Waals surface area contributed by atoms with Crippen LogP contribution in [0.25, 0.3) is 0 Å². The molecule has 2 N–H and O–H groups in total. The molecule has 1 heterocycles. The van der Waals surface area contributed by atoms with E-state index in [0.29, 0.717) is 12.5 Å². The zero-order chi connectivity index (χ0) is 15.1. The minimum absolute atomic E-state index is 0.117. The van der Waals surface area contributed by atoms with Gasteiger partial charge in [0.25, 0.3) is 0 Å². The van der Waals surface area contributed by atoms with Crippen molar-refractivity contribution in [3.8, 4) is 0 Å². The summed E-state index contributed by atoms with van der Waals surface area (Å²) >= 11 is 1.67. The monoisotopic (exact) mass is 298 g/mol. The number of hydrogen-bond acceptors (Lipinski definition) is 4. The van der Waals surface area contributed by atoms with E-state index in [1.54, 1.807) is 11.3 Å². The fourth-order valence-electron chi connectivity index (χ4n) is 1.94. The van der Waals surface area contributed by atoms with Crippen molar-refractivity contribution in [2.45, 2.75) is 59.5 Å². The van der Waals surface area contributed by atoms with E-state index in [2.05, 4.69) is 24.1 Å². The van der Waals surface area contributed by atoms with Gasteiger partial charge < -0.3 is 5.11 Å². The summed E-state index contributed by atoms with van der Waals surface area (Å²) < 4.78 is 0. The van der Waals surface area contributed by atoms with Gasteiger partial charge >= 0.3 is 5.97 Å². The zero-order valence-corrected chi connectivity index (χ0v) is 13.7. The van der Waals surface area contributed by atoms with Crippen LogP contribution in [0.1, 0.15) is 51.2 Å². The first-order valence-electron chi connectivity index (χ1n) is 7.33. The van der Waals surface area contributed by atoms with Gasteiger partial charge in [-0.05, 0) is 24.7 Å². The van der Waals surface area contributed by atoms with Gasteiger partial charge in [-0.3, -0.25) is 10.1 Å².